The molecule has 3 heterocycles. The Labute approximate surface area is 185 Å². The van der Waals surface area contributed by atoms with Gasteiger partial charge in [0.15, 0.2) is 5.69 Å². The van der Waals surface area contributed by atoms with E-state index in [1.807, 2.05) is 34.8 Å². The van der Waals surface area contributed by atoms with E-state index in [9.17, 15) is 9.59 Å². The van der Waals surface area contributed by atoms with E-state index in [1.54, 1.807) is 11.3 Å². The van der Waals surface area contributed by atoms with Crippen molar-refractivity contribution in [2.45, 2.75) is 57.5 Å². The average Bonchev–Trinajstić information content (AvgIpc) is 3.50. The molecule has 1 N–H and O–H groups in total. The van der Waals surface area contributed by atoms with Gasteiger partial charge in [-0.2, -0.15) is 5.10 Å². The maximum Gasteiger partial charge on any atom is 0.272 e. The molecule has 2 aromatic heterocycles. The molecular weight excluding hydrogens is 410 g/mol. The molecule has 3 aromatic rings. The molecule has 1 aromatic carbocycles. The summed E-state index contributed by atoms with van der Waals surface area (Å²) in [6, 6.07) is 8.31. The van der Waals surface area contributed by atoms with E-state index in [2.05, 4.69) is 21.5 Å². The number of hydrogen-bond acceptors (Lipinski definition) is 5. The van der Waals surface area contributed by atoms with Gasteiger partial charge in [0.2, 0.25) is 5.91 Å². The number of carbonyl (C=O) groups is 2. The second kappa shape index (κ2) is 8.42. The summed E-state index contributed by atoms with van der Waals surface area (Å²) in [5.74, 6) is 0.00318. The third-order valence-electron chi connectivity index (χ3n) is 6.39. The van der Waals surface area contributed by atoms with E-state index in [0.29, 0.717) is 31.6 Å². The fourth-order valence-electron chi connectivity index (χ4n) is 4.71. The highest BCUT2D eigenvalue weighted by Crippen LogP contribution is 2.26. The highest BCUT2D eigenvalue weighted by Gasteiger charge is 2.30. The van der Waals surface area contributed by atoms with Gasteiger partial charge in [-0.1, -0.05) is 25.0 Å². The lowest BCUT2D eigenvalue weighted by molar-refractivity contribution is -0.132. The highest BCUT2D eigenvalue weighted by atomic mass is 32.1. The SMILES string of the molecule is Cn1nc(C(=O)NC2CCCC2)c2c1CCN(C(=O)CCc1nc3ccccc3s1)C2. The zero-order valence-electron chi connectivity index (χ0n) is 17.8. The lowest BCUT2D eigenvalue weighted by Gasteiger charge is -2.27. The molecule has 0 bridgehead atoms. The number of amides is 2. The fraction of sp³-hybridized carbons (Fsp3) is 0.478. The summed E-state index contributed by atoms with van der Waals surface area (Å²) in [5.41, 5.74) is 3.43. The largest absolute Gasteiger partial charge is 0.348 e. The summed E-state index contributed by atoms with van der Waals surface area (Å²) in [7, 11) is 1.88. The number of nitrogens with zero attached hydrogens (tertiary/aromatic N) is 4. The van der Waals surface area contributed by atoms with Crippen molar-refractivity contribution >= 4 is 33.4 Å². The van der Waals surface area contributed by atoms with E-state index >= 15 is 0 Å². The lowest BCUT2D eigenvalue weighted by atomic mass is 10.0. The zero-order chi connectivity index (χ0) is 21.4. The molecule has 1 aliphatic carbocycles. The van der Waals surface area contributed by atoms with Crippen molar-refractivity contribution in [3.05, 3.63) is 46.2 Å². The molecule has 1 aliphatic heterocycles. The van der Waals surface area contributed by atoms with Crippen LogP contribution in [-0.4, -0.2) is 44.1 Å². The molecular formula is C23H27N5O2S. The lowest BCUT2D eigenvalue weighted by Crippen LogP contribution is -2.38. The van der Waals surface area contributed by atoms with Gasteiger partial charge in [0, 0.05) is 56.7 Å². The predicted molar refractivity (Wildman–Crippen MR) is 120 cm³/mol. The Kier molecular flexibility index (Phi) is 5.48. The molecule has 2 aliphatic rings. The standard InChI is InChI=1S/C23H27N5O2S/c1-27-18-12-13-28(14-16(18)22(26-27)23(30)24-15-6-2-3-7-15)21(29)11-10-20-25-17-8-4-5-9-19(17)31-20/h4-5,8-9,15H,2-3,6-7,10-14H2,1H3,(H,24,30). The van der Waals surface area contributed by atoms with Gasteiger partial charge in [-0.15, -0.1) is 11.3 Å². The molecule has 1 saturated carbocycles. The van der Waals surface area contributed by atoms with E-state index in [4.69, 9.17) is 0 Å². The van der Waals surface area contributed by atoms with E-state index < -0.39 is 0 Å². The number of fused-ring (bicyclic) bond motifs is 2. The maximum absolute atomic E-state index is 12.9. The van der Waals surface area contributed by atoms with Crippen molar-refractivity contribution in [3.63, 3.8) is 0 Å². The minimum absolute atomic E-state index is 0.104. The number of carbonyl (C=O) groups excluding carboxylic acids is 2. The Bertz CT molecular complexity index is 1100. The minimum Gasteiger partial charge on any atom is -0.348 e. The second-order valence-corrected chi connectivity index (χ2v) is 9.61. The molecule has 5 rings (SSSR count). The van der Waals surface area contributed by atoms with Crippen molar-refractivity contribution < 1.29 is 9.59 Å². The van der Waals surface area contributed by atoms with Crippen LogP contribution in [0.25, 0.3) is 10.2 Å². The maximum atomic E-state index is 12.9. The van der Waals surface area contributed by atoms with Gasteiger partial charge in [-0.05, 0) is 25.0 Å². The number of nitrogens with one attached hydrogen (secondary N) is 1. The Balaban J connectivity index is 1.25. The van der Waals surface area contributed by atoms with Crippen LogP contribution in [0.5, 0.6) is 0 Å². The smallest absolute Gasteiger partial charge is 0.272 e. The normalized spacial score (nSPS) is 16.6. The summed E-state index contributed by atoms with van der Waals surface area (Å²) in [4.78, 5) is 32.3. The number of thiazole rings is 1. The first kappa shape index (κ1) is 20.2. The third kappa shape index (κ3) is 4.08. The monoisotopic (exact) mass is 437 g/mol. The molecule has 0 saturated heterocycles. The van der Waals surface area contributed by atoms with Gasteiger partial charge in [0.05, 0.1) is 15.2 Å². The van der Waals surface area contributed by atoms with E-state index in [1.165, 1.54) is 12.8 Å². The van der Waals surface area contributed by atoms with Crippen LogP contribution in [-0.2, 0) is 31.2 Å². The van der Waals surface area contributed by atoms with Gasteiger partial charge < -0.3 is 10.2 Å². The fourth-order valence-corrected chi connectivity index (χ4v) is 5.68. The Hall–Kier alpha value is -2.74. The average molecular weight is 438 g/mol. The van der Waals surface area contributed by atoms with Crippen molar-refractivity contribution in [2.75, 3.05) is 6.54 Å². The van der Waals surface area contributed by atoms with Gasteiger partial charge in [0.25, 0.3) is 5.91 Å². The van der Waals surface area contributed by atoms with Crippen LogP contribution in [0.4, 0.5) is 0 Å². The van der Waals surface area contributed by atoms with Crippen molar-refractivity contribution in [1.29, 1.82) is 0 Å². The number of aromatic nitrogens is 3. The number of para-hydroxylation sites is 1. The quantitative estimate of drug-likeness (QED) is 0.665. The number of benzene rings is 1. The Morgan fingerprint density at radius 3 is 2.84 bits per heavy atom. The first-order valence-electron chi connectivity index (χ1n) is 11.1. The van der Waals surface area contributed by atoms with Crippen LogP contribution >= 0.6 is 11.3 Å². The third-order valence-corrected chi connectivity index (χ3v) is 7.49. The molecule has 8 heteroatoms. The van der Waals surface area contributed by atoms with E-state index in [0.717, 1.165) is 45.7 Å². The molecule has 0 spiro atoms. The minimum atomic E-state index is -0.104. The molecule has 7 nitrogen and oxygen atoms in total. The first-order valence-corrected chi connectivity index (χ1v) is 11.9. The van der Waals surface area contributed by atoms with E-state index in [-0.39, 0.29) is 17.9 Å². The summed E-state index contributed by atoms with van der Waals surface area (Å²) in [6.45, 7) is 1.12. The molecule has 1 fully saturated rings. The van der Waals surface area contributed by atoms with Crippen molar-refractivity contribution in [1.82, 2.24) is 25.0 Å². The van der Waals surface area contributed by atoms with Crippen LogP contribution in [0.15, 0.2) is 24.3 Å². The Morgan fingerprint density at radius 1 is 1.23 bits per heavy atom. The number of rotatable bonds is 5. The van der Waals surface area contributed by atoms with Crippen LogP contribution in [0, 0.1) is 0 Å². The number of hydrogen-bond donors (Lipinski definition) is 1. The summed E-state index contributed by atoms with van der Waals surface area (Å²) in [5, 5.41) is 8.63. The zero-order valence-corrected chi connectivity index (χ0v) is 18.6. The molecule has 31 heavy (non-hydrogen) atoms. The van der Waals surface area contributed by atoms with Gasteiger partial charge >= 0.3 is 0 Å². The first-order chi connectivity index (χ1) is 15.1. The summed E-state index contributed by atoms with van der Waals surface area (Å²) < 4.78 is 2.96. The molecule has 2 amide bonds. The molecule has 0 unspecified atom stereocenters. The van der Waals surface area contributed by atoms with Crippen molar-refractivity contribution in [3.8, 4) is 0 Å². The number of aryl methyl sites for hydroxylation is 2. The van der Waals surface area contributed by atoms with Gasteiger partial charge in [-0.25, -0.2) is 4.98 Å². The highest BCUT2D eigenvalue weighted by molar-refractivity contribution is 7.18. The van der Waals surface area contributed by atoms with Crippen LogP contribution < -0.4 is 5.32 Å². The topological polar surface area (TPSA) is 80.1 Å². The van der Waals surface area contributed by atoms with Crippen LogP contribution in [0.1, 0.15) is 58.9 Å². The molecule has 0 radical (unpaired) electrons. The molecule has 0 atom stereocenters. The van der Waals surface area contributed by atoms with Gasteiger partial charge in [0.1, 0.15) is 0 Å². The Morgan fingerprint density at radius 2 is 2.03 bits per heavy atom. The summed E-state index contributed by atoms with van der Waals surface area (Å²) in [6.07, 6.45) is 6.21. The van der Waals surface area contributed by atoms with Gasteiger partial charge in [-0.3, -0.25) is 14.3 Å². The predicted octanol–water partition coefficient (Wildman–Crippen LogP) is 3.22. The summed E-state index contributed by atoms with van der Waals surface area (Å²) >= 11 is 1.65. The van der Waals surface area contributed by atoms with Crippen molar-refractivity contribution in [2.24, 2.45) is 7.05 Å². The van der Waals surface area contributed by atoms with Crippen LogP contribution in [0.2, 0.25) is 0 Å². The van der Waals surface area contributed by atoms with Crippen LogP contribution in [0.3, 0.4) is 0 Å². The second-order valence-electron chi connectivity index (χ2n) is 8.49. The molecule has 162 valence electrons.